The second-order valence-corrected chi connectivity index (χ2v) is 7.54. The van der Waals surface area contributed by atoms with E-state index in [1.165, 1.54) is 0 Å². The Hall–Kier alpha value is -3.20. The van der Waals surface area contributed by atoms with Crippen molar-refractivity contribution in [1.29, 1.82) is 0 Å². The minimum absolute atomic E-state index is 0.0800. The van der Waals surface area contributed by atoms with Crippen LogP contribution in [0.25, 0.3) is 11.5 Å². The highest BCUT2D eigenvalue weighted by Gasteiger charge is 2.16. The van der Waals surface area contributed by atoms with E-state index >= 15 is 0 Å². The molecule has 0 bridgehead atoms. The van der Waals surface area contributed by atoms with Crippen LogP contribution in [0.15, 0.2) is 57.4 Å². The molecule has 8 nitrogen and oxygen atoms in total. The van der Waals surface area contributed by atoms with Crippen molar-refractivity contribution in [2.45, 2.75) is 32.8 Å². The van der Waals surface area contributed by atoms with Gasteiger partial charge in [-0.1, -0.05) is 39.7 Å². The summed E-state index contributed by atoms with van der Waals surface area (Å²) in [7, 11) is 0. The first kappa shape index (κ1) is 21.5. The Morgan fingerprint density at radius 2 is 1.90 bits per heavy atom. The van der Waals surface area contributed by atoms with Crippen molar-refractivity contribution in [1.82, 2.24) is 21.0 Å². The van der Waals surface area contributed by atoms with Gasteiger partial charge in [0.1, 0.15) is 5.75 Å². The van der Waals surface area contributed by atoms with E-state index in [2.05, 4.69) is 37.0 Å². The maximum absolute atomic E-state index is 12.1. The number of amides is 2. The third-order valence-corrected chi connectivity index (χ3v) is 4.63. The molecule has 0 aliphatic carbocycles. The number of hydrogen-bond acceptors (Lipinski definition) is 6. The number of carbonyl (C=O) groups is 2. The Morgan fingerprint density at radius 1 is 1.13 bits per heavy atom. The Balaban J connectivity index is 1.42. The van der Waals surface area contributed by atoms with Crippen LogP contribution < -0.4 is 15.6 Å². The summed E-state index contributed by atoms with van der Waals surface area (Å²) in [6, 6.07) is 14.8. The topological polar surface area (TPSA) is 106 Å². The van der Waals surface area contributed by atoms with E-state index in [1.807, 2.05) is 37.3 Å². The summed E-state index contributed by atoms with van der Waals surface area (Å²) in [6.45, 7) is 3.58. The first-order chi connectivity index (χ1) is 14.4. The molecule has 2 aromatic carbocycles. The number of halogens is 1. The van der Waals surface area contributed by atoms with Crippen molar-refractivity contribution in [2.24, 2.45) is 0 Å². The van der Waals surface area contributed by atoms with Crippen molar-refractivity contribution in [3.05, 3.63) is 64.5 Å². The molecular formula is C21H21BrN4O4. The highest BCUT2D eigenvalue weighted by molar-refractivity contribution is 9.10. The summed E-state index contributed by atoms with van der Waals surface area (Å²) < 4.78 is 12.0. The van der Waals surface area contributed by atoms with Gasteiger partial charge in [0.2, 0.25) is 17.7 Å². The number of carbonyl (C=O) groups excluding carboxylic acids is 2. The van der Waals surface area contributed by atoms with Crippen molar-refractivity contribution >= 4 is 27.7 Å². The predicted molar refractivity (Wildman–Crippen MR) is 113 cm³/mol. The lowest BCUT2D eigenvalue weighted by molar-refractivity contribution is -0.132. The summed E-state index contributed by atoms with van der Waals surface area (Å²) in [5, 5.41) is 7.96. The number of hydrogen-bond donors (Lipinski definition) is 2. The van der Waals surface area contributed by atoms with Gasteiger partial charge in [0.05, 0.1) is 0 Å². The number of rotatable bonds is 7. The van der Waals surface area contributed by atoms with Gasteiger partial charge in [-0.15, -0.1) is 10.2 Å². The predicted octanol–water partition coefficient (Wildman–Crippen LogP) is 3.36. The van der Waals surface area contributed by atoms with Crippen molar-refractivity contribution in [3.63, 3.8) is 0 Å². The number of ether oxygens (including phenoxy) is 1. The fraction of sp³-hybridized carbons (Fsp3) is 0.238. The van der Waals surface area contributed by atoms with Gasteiger partial charge in [0, 0.05) is 22.9 Å². The molecule has 156 valence electrons. The number of aromatic nitrogens is 2. The second-order valence-electron chi connectivity index (χ2n) is 6.62. The second kappa shape index (κ2) is 10.0. The van der Waals surface area contributed by atoms with Gasteiger partial charge in [-0.2, -0.15) is 0 Å². The molecule has 3 aromatic rings. The lowest BCUT2D eigenvalue weighted by Gasteiger charge is -2.15. The van der Waals surface area contributed by atoms with Crippen LogP contribution in [0.3, 0.4) is 0 Å². The number of aryl methyl sites for hydroxylation is 2. The average Bonchev–Trinajstić information content (AvgIpc) is 3.20. The lowest BCUT2D eigenvalue weighted by Crippen LogP contribution is -2.47. The van der Waals surface area contributed by atoms with Gasteiger partial charge < -0.3 is 9.15 Å². The number of nitrogens with one attached hydrogen (secondary N) is 2. The Labute approximate surface area is 182 Å². The van der Waals surface area contributed by atoms with E-state index in [-0.39, 0.29) is 18.7 Å². The first-order valence-corrected chi connectivity index (χ1v) is 10.1. The van der Waals surface area contributed by atoms with Gasteiger partial charge >= 0.3 is 0 Å². The average molecular weight is 473 g/mol. The maximum Gasteiger partial charge on any atom is 0.279 e. The normalized spacial score (nSPS) is 11.6. The van der Waals surface area contributed by atoms with Crippen LogP contribution in [-0.4, -0.2) is 28.1 Å². The maximum atomic E-state index is 12.1. The van der Waals surface area contributed by atoms with Crippen LogP contribution in [0.2, 0.25) is 0 Å². The molecule has 0 aliphatic heterocycles. The molecule has 0 fully saturated rings. The smallest absolute Gasteiger partial charge is 0.279 e. The zero-order chi connectivity index (χ0) is 21.5. The largest absolute Gasteiger partial charge is 0.481 e. The Kier molecular flexibility index (Phi) is 7.18. The van der Waals surface area contributed by atoms with Gasteiger partial charge in [-0.3, -0.25) is 20.4 Å². The van der Waals surface area contributed by atoms with E-state index in [1.54, 1.807) is 25.1 Å². The molecule has 0 radical (unpaired) electrons. The summed E-state index contributed by atoms with van der Waals surface area (Å²) in [5.74, 6) is 0.436. The SMILES string of the molecule is Cc1ccc(-c2nnc(CCC(=O)NNC(=O)C(C)Oc3cccc(Br)c3)o2)cc1. The molecule has 0 saturated heterocycles. The van der Waals surface area contributed by atoms with E-state index in [0.29, 0.717) is 17.5 Å². The summed E-state index contributed by atoms with van der Waals surface area (Å²) >= 11 is 3.34. The van der Waals surface area contributed by atoms with Gasteiger partial charge in [0.25, 0.3) is 5.91 Å². The molecule has 0 spiro atoms. The fourth-order valence-corrected chi connectivity index (χ4v) is 2.86. The van der Waals surface area contributed by atoms with Crippen molar-refractivity contribution < 1.29 is 18.7 Å². The molecule has 1 aromatic heterocycles. The molecule has 0 aliphatic rings. The molecule has 2 N–H and O–H groups in total. The minimum atomic E-state index is -0.785. The van der Waals surface area contributed by atoms with Crippen molar-refractivity contribution in [2.75, 3.05) is 0 Å². The molecule has 2 amide bonds. The number of hydrazine groups is 1. The molecule has 0 saturated carbocycles. The summed E-state index contributed by atoms with van der Waals surface area (Å²) in [6.07, 6.45) is -0.450. The van der Waals surface area contributed by atoms with Crippen LogP contribution in [0.1, 0.15) is 24.8 Å². The highest BCUT2D eigenvalue weighted by atomic mass is 79.9. The van der Waals surface area contributed by atoms with Crippen molar-refractivity contribution in [3.8, 4) is 17.2 Å². The molecule has 9 heteroatoms. The van der Waals surface area contributed by atoms with E-state index in [4.69, 9.17) is 9.15 Å². The van der Waals surface area contributed by atoms with Gasteiger partial charge in [-0.25, -0.2) is 0 Å². The van der Waals surface area contributed by atoms with Crippen LogP contribution >= 0.6 is 15.9 Å². The molecule has 30 heavy (non-hydrogen) atoms. The first-order valence-electron chi connectivity index (χ1n) is 9.31. The Bertz CT molecular complexity index is 1020. The zero-order valence-corrected chi connectivity index (χ0v) is 18.1. The molecule has 1 atom stereocenters. The van der Waals surface area contributed by atoms with Crippen LogP contribution in [0, 0.1) is 6.92 Å². The monoisotopic (exact) mass is 472 g/mol. The molecular weight excluding hydrogens is 452 g/mol. The minimum Gasteiger partial charge on any atom is -0.481 e. The van der Waals surface area contributed by atoms with Crippen LogP contribution in [-0.2, 0) is 16.0 Å². The molecule has 1 heterocycles. The van der Waals surface area contributed by atoms with Crippen LogP contribution in [0.4, 0.5) is 0 Å². The molecule has 1 unspecified atom stereocenters. The van der Waals surface area contributed by atoms with Gasteiger partial charge in [0.15, 0.2) is 6.10 Å². The number of benzene rings is 2. The third kappa shape index (κ3) is 6.15. The number of nitrogens with zero attached hydrogens (tertiary/aromatic N) is 2. The lowest BCUT2D eigenvalue weighted by atomic mass is 10.1. The van der Waals surface area contributed by atoms with E-state index in [0.717, 1.165) is 15.6 Å². The zero-order valence-electron chi connectivity index (χ0n) is 16.5. The van der Waals surface area contributed by atoms with E-state index < -0.39 is 12.0 Å². The summed E-state index contributed by atoms with van der Waals surface area (Å²) in [4.78, 5) is 24.1. The fourth-order valence-electron chi connectivity index (χ4n) is 2.48. The molecule has 3 rings (SSSR count). The highest BCUT2D eigenvalue weighted by Crippen LogP contribution is 2.19. The summed E-state index contributed by atoms with van der Waals surface area (Å²) in [5.41, 5.74) is 6.65. The van der Waals surface area contributed by atoms with Crippen LogP contribution in [0.5, 0.6) is 5.75 Å². The van der Waals surface area contributed by atoms with E-state index in [9.17, 15) is 9.59 Å². The van der Waals surface area contributed by atoms with Gasteiger partial charge in [-0.05, 0) is 44.2 Å². The quantitative estimate of drug-likeness (QED) is 0.510. The standard InChI is InChI=1S/C21H21BrN4O4/c1-13-6-8-15(9-7-13)21-26-24-19(30-21)11-10-18(27)23-25-20(28)14(2)29-17-5-3-4-16(22)12-17/h3-9,12,14H,10-11H2,1-2H3,(H,23,27)(H,25,28). The Morgan fingerprint density at radius 3 is 2.63 bits per heavy atom. The third-order valence-electron chi connectivity index (χ3n) is 4.13.